The van der Waals surface area contributed by atoms with Gasteiger partial charge in [-0.3, -0.25) is 9.59 Å². The van der Waals surface area contributed by atoms with Crippen molar-refractivity contribution in [3.63, 3.8) is 0 Å². The third kappa shape index (κ3) is 10.3. The smallest absolute Gasteiger partial charge is 0.408 e. The molecule has 0 aliphatic heterocycles. The lowest BCUT2D eigenvalue weighted by atomic mass is 9.99. The molecular weight excluding hydrogens is 635 g/mol. The summed E-state index contributed by atoms with van der Waals surface area (Å²) in [5.74, 6) is -0.690. The minimum Gasteiger partial charge on any atom is -0.480 e. The Hall–Kier alpha value is -3.96. The van der Waals surface area contributed by atoms with Crippen LogP contribution in [0, 0.1) is 5.92 Å². The molecule has 0 aromatic heterocycles. The second-order valence-electron chi connectivity index (χ2n) is 11.9. The number of carbonyl (C=O) groups is 4. The standard InChI is InChI=1S/C36H43N3O6S2/c1-23(2)19-31(39-36(44)45-20-24-11-5-4-6-12-24)34(41)37-30(17-18-46-3)33(40)38-32(35(42)43)22-47-21-29-27-15-9-7-13-25(27)26-14-8-10-16-28(26)29/h4-16,23,29-32H,17-22H2,1-3H3,(H,37,41)(H,38,40)(H,39,44)(H,42,43)/t30-,31-,32-/m0/s1. The number of aliphatic carboxylic acids is 1. The van der Waals surface area contributed by atoms with E-state index in [-0.39, 0.29) is 24.2 Å². The zero-order valence-electron chi connectivity index (χ0n) is 26.9. The summed E-state index contributed by atoms with van der Waals surface area (Å²) >= 11 is 2.98. The number of rotatable bonds is 17. The minimum atomic E-state index is -1.15. The maximum absolute atomic E-state index is 13.5. The van der Waals surface area contributed by atoms with Crippen molar-refractivity contribution in [2.75, 3.05) is 23.5 Å². The maximum atomic E-state index is 13.5. The molecule has 250 valence electrons. The van der Waals surface area contributed by atoms with Crippen LogP contribution in [0.1, 0.15) is 49.3 Å². The lowest BCUT2D eigenvalue weighted by Gasteiger charge is -2.25. The Labute approximate surface area is 285 Å². The molecule has 1 aliphatic rings. The van der Waals surface area contributed by atoms with Gasteiger partial charge in [-0.05, 0) is 58.6 Å². The molecular formula is C36H43N3O6S2. The van der Waals surface area contributed by atoms with Gasteiger partial charge in [0.1, 0.15) is 24.7 Å². The predicted octanol–water partition coefficient (Wildman–Crippen LogP) is 5.68. The molecule has 0 spiro atoms. The number of fused-ring (bicyclic) bond motifs is 3. The molecule has 9 nitrogen and oxygen atoms in total. The fourth-order valence-corrected chi connectivity index (χ4v) is 7.24. The largest absolute Gasteiger partial charge is 0.480 e. The quantitative estimate of drug-likeness (QED) is 0.144. The van der Waals surface area contributed by atoms with E-state index in [0.29, 0.717) is 24.3 Å². The van der Waals surface area contributed by atoms with Crippen LogP contribution in [0.2, 0.25) is 0 Å². The highest BCUT2D eigenvalue weighted by molar-refractivity contribution is 7.99. The molecule has 0 saturated carbocycles. The fourth-order valence-electron chi connectivity index (χ4n) is 5.58. The van der Waals surface area contributed by atoms with Gasteiger partial charge in [0.05, 0.1) is 0 Å². The predicted molar refractivity (Wildman–Crippen MR) is 189 cm³/mol. The van der Waals surface area contributed by atoms with Gasteiger partial charge in [-0.15, -0.1) is 0 Å². The summed E-state index contributed by atoms with van der Waals surface area (Å²) in [7, 11) is 0. The van der Waals surface area contributed by atoms with Crippen LogP contribution < -0.4 is 16.0 Å². The Morgan fingerprint density at radius 1 is 0.787 bits per heavy atom. The number of ether oxygens (including phenoxy) is 1. The van der Waals surface area contributed by atoms with Gasteiger partial charge < -0.3 is 25.8 Å². The molecule has 0 saturated heterocycles. The van der Waals surface area contributed by atoms with E-state index < -0.39 is 42.0 Å². The molecule has 3 aromatic carbocycles. The number of carboxylic acid groups (broad SMARTS) is 1. The molecule has 0 bridgehead atoms. The second-order valence-corrected chi connectivity index (χ2v) is 14.0. The first-order valence-electron chi connectivity index (χ1n) is 15.7. The molecule has 3 amide bonds. The van der Waals surface area contributed by atoms with Crippen molar-refractivity contribution in [1.29, 1.82) is 0 Å². The number of alkyl carbamates (subject to hydrolysis) is 1. The number of thioether (sulfide) groups is 2. The van der Waals surface area contributed by atoms with Crippen molar-refractivity contribution >= 4 is 47.4 Å². The fraction of sp³-hybridized carbons (Fsp3) is 0.389. The van der Waals surface area contributed by atoms with Crippen molar-refractivity contribution in [2.24, 2.45) is 5.92 Å². The normalized spacial score (nSPS) is 14.0. The Morgan fingerprint density at radius 3 is 1.96 bits per heavy atom. The van der Waals surface area contributed by atoms with Gasteiger partial charge in [-0.1, -0.05) is 92.7 Å². The minimum absolute atomic E-state index is 0.0514. The summed E-state index contributed by atoms with van der Waals surface area (Å²) in [5, 5.41) is 18.1. The molecule has 0 radical (unpaired) electrons. The van der Waals surface area contributed by atoms with Crippen LogP contribution in [0.25, 0.3) is 11.1 Å². The van der Waals surface area contributed by atoms with Crippen LogP contribution in [-0.4, -0.2) is 70.6 Å². The SMILES string of the molecule is CSCC[C@H](NC(=O)[C@H](CC(C)C)NC(=O)OCc1ccccc1)C(=O)N[C@@H](CSCC1c2ccccc2-c2ccccc21)C(=O)O. The molecule has 0 heterocycles. The van der Waals surface area contributed by atoms with Crippen LogP contribution in [0.5, 0.6) is 0 Å². The monoisotopic (exact) mass is 677 g/mol. The second kappa shape index (κ2) is 17.8. The zero-order valence-corrected chi connectivity index (χ0v) is 28.6. The van der Waals surface area contributed by atoms with E-state index in [1.807, 2.05) is 74.7 Å². The van der Waals surface area contributed by atoms with Crippen molar-refractivity contribution in [2.45, 2.75) is 57.3 Å². The van der Waals surface area contributed by atoms with Gasteiger partial charge >= 0.3 is 12.1 Å². The van der Waals surface area contributed by atoms with E-state index in [0.717, 1.165) is 5.56 Å². The zero-order chi connectivity index (χ0) is 33.8. The Bertz CT molecular complexity index is 1470. The van der Waals surface area contributed by atoms with Gasteiger partial charge in [-0.2, -0.15) is 23.5 Å². The third-order valence-corrected chi connectivity index (χ3v) is 9.70. The van der Waals surface area contributed by atoms with E-state index in [9.17, 15) is 24.3 Å². The van der Waals surface area contributed by atoms with E-state index in [2.05, 4.69) is 40.2 Å². The van der Waals surface area contributed by atoms with Gasteiger partial charge in [0.25, 0.3) is 0 Å². The number of nitrogens with one attached hydrogen (secondary N) is 3. The molecule has 0 fully saturated rings. The topological polar surface area (TPSA) is 134 Å². The number of benzene rings is 3. The number of hydrogen-bond donors (Lipinski definition) is 4. The molecule has 11 heteroatoms. The van der Waals surface area contributed by atoms with Crippen LogP contribution in [-0.2, 0) is 25.7 Å². The summed E-state index contributed by atoms with van der Waals surface area (Å²) in [6.07, 6.45) is 1.76. The summed E-state index contributed by atoms with van der Waals surface area (Å²) in [6.45, 7) is 3.90. The summed E-state index contributed by atoms with van der Waals surface area (Å²) in [4.78, 5) is 51.7. The van der Waals surface area contributed by atoms with E-state index >= 15 is 0 Å². The van der Waals surface area contributed by atoms with Crippen LogP contribution in [0.3, 0.4) is 0 Å². The van der Waals surface area contributed by atoms with Gasteiger partial charge in [0.2, 0.25) is 11.8 Å². The van der Waals surface area contributed by atoms with Gasteiger partial charge in [-0.25, -0.2) is 9.59 Å². The Balaban J connectivity index is 1.36. The van der Waals surface area contributed by atoms with Crippen molar-refractivity contribution in [3.8, 4) is 11.1 Å². The highest BCUT2D eigenvalue weighted by Crippen LogP contribution is 2.45. The molecule has 1 aliphatic carbocycles. The molecule has 47 heavy (non-hydrogen) atoms. The summed E-state index contributed by atoms with van der Waals surface area (Å²) in [5.41, 5.74) is 5.62. The van der Waals surface area contributed by atoms with Crippen molar-refractivity contribution < 1.29 is 29.0 Å². The van der Waals surface area contributed by atoms with Crippen LogP contribution in [0.4, 0.5) is 4.79 Å². The Kier molecular flexibility index (Phi) is 13.6. The van der Waals surface area contributed by atoms with E-state index in [4.69, 9.17) is 4.74 Å². The highest BCUT2D eigenvalue weighted by Gasteiger charge is 2.32. The summed E-state index contributed by atoms with van der Waals surface area (Å²) in [6, 6.07) is 22.6. The number of hydrogen-bond acceptors (Lipinski definition) is 7. The first-order valence-corrected chi connectivity index (χ1v) is 18.3. The average Bonchev–Trinajstić information content (AvgIpc) is 3.38. The first kappa shape index (κ1) is 35.9. The first-order chi connectivity index (χ1) is 22.7. The lowest BCUT2D eigenvalue weighted by molar-refractivity contribution is -0.141. The lowest BCUT2D eigenvalue weighted by Crippen LogP contribution is -2.56. The van der Waals surface area contributed by atoms with E-state index in [1.165, 1.54) is 45.8 Å². The molecule has 4 N–H and O–H groups in total. The van der Waals surface area contributed by atoms with E-state index in [1.54, 1.807) is 0 Å². The number of carboxylic acids is 1. The molecule has 0 unspecified atom stereocenters. The van der Waals surface area contributed by atoms with Crippen LogP contribution in [0.15, 0.2) is 78.9 Å². The van der Waals surface area contributed by atoms with Crippen molar-refractivity contribution in [3.05, 3.63) is 95.6 Å². The third-order valence-electron chi connectivity index (χ3n) is 7.92. The maximum Gasteiger partial charge on any atom is 0.408 e. The summed E-state index contributed by atoms with van der Waals surface area (Å²) < 4.78 is 5.32. The number of carbonyl (C=O) groups excluding carboxylic acids is 3. The van der Waals surface area contributed by atoms with Crippen molar-refractivity contribution in [1.82, 2.24) is 16.0 Å². The average molecular weight is 678 g/mol. The highest BCUT2D eigenvalue weighted by atomic mass is 32.2. The van der Waals surface area contributed by atoms with Gasteiger partial charge in [0, 0.05) is 17.4 Å². The number of amides is 3. The molecule has 4 rings (SSSR count). The molecule has 3 atom stereocenters. The van der Waals surface area contributed by atoms with Gasteiger partial charge in [0.15, 0.2) is 0 Å². The Morgan fingerprint density at radius 2 is 1.36 bits per heavy atom. The molecule has 3 aromatic rings. The van der Waals surface area contributed by atoms with Crippen LogP contribution >= 0.6 is 23.5 Å².